The summed E-state index contributed by atoms with van der Waals surface area (Å²) in [5.74, 6) is -0.843. The van der Waals surface area contributed by atoms with Gasteiger partial charge in [-0.05, 0) is 23.3 Å². The Morgan fingerprint density at radius 1 is 1.24 bits per heavy atom. The topological polar surface area (TPSA) is 133 Å². The molecule has 29 heavy (non-hydrogen) atoms. The summed E-state index contributed by atoms with van der Waals surface area (Å²) in [5, 5.41) is 21.3. The quantitative estimate of drug-likeness (QED) is 0.254. The normalized spacial score (nSPS) is 20.3. The fraction of sp³-hybridized carbons (Fsp3) is 0.400. The van der Waals surface area contributed by atoms with Crippen molar-refractivity contribution in [3.05, 3.63) is 52.1 Å². The molecule has 2 aromatic rings. The Kier molecular flexibility index (Phi) is 6.09. The van der Waals surface area contributed by atoms with Crippen molar-refractivity contribution in [1.29, 1.82) is 0 Å². The Balaban J connectivity index is 1.81. The first-order valence-corrected chi connectivity index (χ1v) is 9.48. The van der Waals surface area contributed by atoms with Gasteiger partial charge < -0.3 is 15.4 Å². The average Bonchev–Trinajstić information content (AvgIpc) is 3.47. The zero-order valence-electron chi connectivity index (χ0n) is 16.4. The lowest BCUT2D eigenvalue weighted by atomic mass is 9.97. The van der Waals surface area contributed by atoms with Crippen molar-refractivity contribution in [3.63, 3.8) is 0 Å². The molecular weight excluding hydrogens is 376 g/mol. The summed E-state index contributed by atoms with van der Waals surface area (Å²) in [7, 11) is 1.35. The number of carbonyl (C=O) groups excluding carboxylic acids is 2. The van der Waals surface area contributed by atoms with Gasteiger partial charge in [-0.3, -0.25) is 25.0 Å². The summed E-state index contributed by atoms with van der Waals surface area (Å²) >= 11 is 0. The number of nitrogens with one attached hydrogen (secondary N) is 3. The molecule has 1 heterocycles. The first-order chi connectivity index (χ1) is 13.9. The van der Waals surface area contributed by atoms with Crippen molar-refractivity contribution < 1.29 is 19.2 Å². The zero-order chi connectivity index (χ0) is 21.0. The largest absolute Gasteiger partial charge is 0.355 e. The van der Waals surface area contributed by atoms with Crippen LogP contribution < -0.4 is 16.0 Å². The Morgan fingerprint density at radius 2 is 2.00 bits per heavy atom. The molecule has 0 saturated carbocycles. The number of ether oxygens (including phenoxy) is 1. The molecule has 1 saturated heterocycles. The van der Waals surface area contributed by atoms with Crippen LogP contribution in [0.25, 0.3) is 10.8 Å². The SMILES string of the molecule is CCCCNC(=O)CNC(=O)[C@@]1(OC)N[C@H]1c1c([N+](=O)[O-])ccc2ccccc12. The van der Waals surface area contributed by atoms with Crippen LogP contribution in [0.3, 0.4) is 0 Å². The Bertz CT molecular complexity index is 948. The number of hydrogen-bond acceptors (Lipinski definition) is 6. The number of amides is 2. The van der Waals surface area contributed by atoms with Gasteiger partial charge in [-0.25, -0.2) is 0 Å². The molecule has 2 aromatic carbocycles. The van der Waals surface area contributed by atoms with Gasteiger partial charge in [0, 0.05) is 19.7 Å². The number of unbranched alkanes of at least 4 members (excludes halogenated alkanes) is 1. The van der Waals surface area contributed by atoms with Gasteiger partial charge in [0.1, 0.15) is 0 Å². The Labute approximate surface area is 167 Å². The third-order valence-electron chi connectivity index (χ3n) is 5.04. The number of hydrogen-bond donors (Lipinski definition) is 3. The van der Waals surface area contributed by atoms with Gasteiger partial charge in [-0.1, -0.05) is 37.6 Å². The van der Waals surface area contributed by atoms with E-state index in [1.807, 2.05) is 19.1 Å². The second-order valence-electron chi connectivity index (χ2n) is 6.88. The number of rotatable bonds is 9. The summed E-state index contributed by atoms with van der Waals surface area (Å²) < 4.78 is 5.41. The zero-order valence-corrected chi connectivity index (χ0v) is 16.4. The molecule has 3 N–H and O–H groups in total. The van der Waals surface area contributed by atoms with E-state index in [4.69, 9.17) is 4.74 Å². The van der Waals surface area contributed by atoms with Gasteiger partial charge in [-0.15, -0.1) is 0 Å². The molecule has 1 aliphatic rings. The van der Waals surface area contributed by atoms with Crippen molar-refractivity contribution >= 4 is 28.3 Å². The van der Waals surface area contributed by atoms with Crippen LogP contribution in [0.15, 0.2) is 36.4 Å². The van der Waals surface area contributed by atoms with Crippen molar-refractivity contribution in [3.8, 4) is 0 Å². The molecule has 1 aliphatic heterocycles. The van der Waals surface area contributed by atoms with E-state index < -0.39 is 22.6 Å². The van der Waals surface area contributed by atoms with Crippen LogP contribution in [-0.2, 0) is 14.3 Å². The van der Waals surface area contributed by atoms with Crippen LogP contribution in [0.4, 0.5) is 5.69 Å². The number of benzene rings is 2. The smallest absolute Gasteiger partial charge is 0.275 e. The monoisotopic (exact) mass is 400 g/mol. The summed E-state index contributed by atoms with van der Waals surface area (Å²) in [5.41, 5.74) is -1.17. The Morgan fingerprint density at radius 3 is 2.69 bits per heavy atom. The highest BCUT2D eigenvalue weighted by molar-refractivity contribution is 5.96. The van der Waals surface area contributed by atoms with Crippen LogP contribution in [0.5, 0.6) is 0 Å². The maximum Gasteiger partial charge on any atom is 0.275 e. The van der Waals surface area contributed by atoms with E-state index in [9.17, 15) is 19.7 Å². The van der Waals surface area contributed by atoms with Crippen molar-refractivity contribution in [1.82, 2.24) is 16.0 Å². The fourth-order valence-corrected chi connectivity index (χ4v) is 3.42. The predicted molar refractivity (Wildman–Crippen MR) is 107 cm³/mol. The van der Waals surface area contributed by atoms with Crippen LogP contribution in [0, 0.1) is 10.1 Å². The molecule has 0 spiro atoms. The van der Waals surface area contributed by atoms with Crippen LogP contribution in [-0.4, -0.2) is 42.7 Å². The van der Waals surface area contributed by atoms with Crippen LogP contribution in [0.1, 0.15) is 31.4 Å². The summed E-state index contributed by atoms with van der Waals surface area (Å²) in [6.07, 6.45) is 1.81. The number of nitrogens with zero attached hydrogens (tertiary/aromatic N) is 1. The third-order valence-corrected chi connectivity index (χ3v) is 5.04. The molecule has 0 aliphatic carbocycles. The number of carbonyl (C=O) groups is 2. The van der Waals surface area contributed by atoms with E-state index in [0.717, 1.165) is 18.2 Å². The molecule has 9 nitrogen and oxygen atoms in total. The molecule has 9 heteroatoms. The highest BCUT2D eigenvalue weighted by Gasteiger charge is 2.63. The molecule has 2 atom stereocenters. The number of methoxy groups -OCH3 is 1. The first kappa shape index (κ1) is 20.7. The highest BCUT2D eigenvalue weighted by atomic mass is 16.6. The molecular formula is C20H24N4O5. The average molecular weight is 400 g/mol. The molecule has 2 amide bonds. The van der Waals surface area contributed by atoms with E-state index in [2.05, 4.69) is 16.0 Å². The van der Waals surface area contributed by atoms with E-state index in [-0.39, 0.29) is 18.1 Å². The molecule has 3 rings (SSSR count). The molecule has 1 fully saturated rings. The highest BCUT2D eigenvalue weighted by Crippen LogP contribution is 2.47. The minimum Gasteiger partial charge on any atom is -0.355 e. The van der Waals surface area contributed by atoms with E-state index in [1.54, 1.807) is 18.2 Å². The molecule has 0 aromatic heterocycles. The van der Waals surface area contributed by atoms with Gasteiger partial charge >= 0.3 is 0 Å². The van der Waals surface area contributed by atoms with Gasteiger partial charge in [0.2, 0.25) is 11.6 Å². The molecule has 0 radical (unpaired) electrons. The maximum atomic E-state index is 12.7. The summed E-state index contributed by atoms with van der Waals surface area (Å²) in [6.45, 7) is 2.37. The lowest BCUT2D eigenvalue weighted by Crippen LogP contribution is -2.45. The van der Waals surface area contributed by atoms with E-state index >= 15 is 0 Å². The van der Waals surface area contributed by atoms with Gasteiger partial charge in [0.15, 0.2) is 0 Å². The standard InChI is InChI=1S/C20H24N4O5/c1-3-4-11-21-16(25)12-22-19(26)20(29-2)18(23-20)17-14-8-6-5-7-13(14)9-10-15(17)24(27)28/h5-10,18,23H,3-4,11-12H2,1-2H3,(H,21,25)(H,22,26)/t18-,20+/m0/s1. The van der Waals surface area contributed by atoms with E-state index in [0.29, 0.717) is 17.5 Å². The van der Waals surface area contributed by atoms with Crippen molar-refractivity contribution in [2.75, 3.05) is 20.2 Å². The number of nitro benzene ring substituents is 1. The van der Waals surface area contributed by atoms with E-state index in [1.165, 1.54) is 13.2 Å². The number of fused-ring (bicyclic) bond motifs is 1. The number of nitro groups is 1. The fourth-order valence-electron chi connectivity index (χ4n) is 3.42. The Hall–Kier alpha value is -3.04. The lowest BCUT2D eigenvalue weighted by Gasteiger charge is -2.14. The van der Waals surface area contributed by atoms with Crippen LogP contribution in [0.2, 0.25) is 0 Å². The maximum absolute atomic E-state index is 12.7. The first-order valence-electron chi connectivity index (χ1n) is 9.48. The molecule has 0 unspecified atom stereocenters. The molecule has 154 valence electrons. The molecule has 0 bridgehead atoms. The second-order valence-corrected chi connectivity index (χ2v) is 6.88. The lowest BCUT2D eigenvalue weighted by molar-refractivity contribution is -0.385. The predicted octanol–water partition coefficient (Wildman–Crippen LogP) is 1.77. The second kappa shape index (κ2) is 8.54. The van der Waals surface area contributed by atoms with Gasteiger partial charge in [0.05, 0.1) is 23.1 Å². The third kappa shape index (κ3) is 4.06. The van der Waals surface area contributed by atoms with Crippen LogP contribution >= 0.6 is 0 Å². The minimum atomic E-state index is -1.46. The van der Waals surface area contributed by atoms with Gasteiger partial charge in [-0.2, -0.15) is 0 Å². The van der Waals surface area contributed by atoms with Crippen molar-refractivity contribution in [2.45, 2.75) is 31.5 Å². The van der Waals surface area contributed by atoms with Crippen molar-refractivity contribution in [2.24, 2.45) is 0 Å². The van der Waals surface area contributed by atoms with Gasteiger partial charge in [0.25, 0.3) is 11.6 Å². The summed E-state index contributed by atoms with van der Waals surface area (Å²) in [6, 6.07) is 9.64. The summed E-state index contributed by atoms with van der Waals surface area (Å²) in [4.78, 5) is 35.7. The minimum absolute atomic E-state index is 0.0924.